The second-order valence-electron chi connectivity index (χ2n) is 3.55. The molecule has 0 atom stereocenters. The fourth-order valence-corrected chi connectivity index (χ4v) is 2.15. The Balaban J connectivity index is 2.24. The summed E-state index contributed by atoms with van der Waals surface area (Å²) in [5.74, 6) is 0.798. The number of benzene rings is 1. The van der Waals surface area contributed by atoms with Gasteiger partial charge in [0.2, 0.25) is 5.91 Å². The zero-order valence-electron chi connectivity index (χ0n) is 8.58. The Morgan fingerprint density at radius 1 is 1.56 bits per heavy atom. The van der Waals surface area contributed by atoms with Crippen LogP contribution < -0.4 is 4.74 Å². The van der Waals surface area contributed by atoms with Crippen LogP contribution in [0.4, 0.5) is 0 Å². The normalized spacial score (nSPS) is 15.0. The van der Waals surface area contributed by atoms with E-state index < -0.39 is 0 Å². The lowest BCUT2D eigenvalue weighted by Gasteiger charge is -2.18. The molecule has 0 spiro atoms. The number of hydrogen-bond donors (Lipinski definition) is 0. The maximum absolute atomic E-state index is 11.5. The molecule has 2 rings (SSSR count). The van der Waals surface area contributed by atoms with Crippen LogP contribution in [-0.2, 0) is 11.3 Å². The highest BCUT2D eigenvalue weighted by atomic mass is 79.9. The van der Waals surface area contributed by atoms with Crippen LogP contribution in [0.2, 0.25) is 0 Å². The van der Waals surface area contributed by atoms with Crippen molar-refractivity contribution in [1.82, 2.24) is 4.90 Å². The second kappa shape index (κ2) is 5.06. The molecule has 1 amide bonds. The summed E-state index contributed by atoms with van der Waals surface area (Å²) in [5.41, 5.74) is 1.01. The van der Waals surface area contributed by atoms with Gasteiger partial charge in [-0.1, -0.05) is 22.0 Å². The third-order valence-corrected chi connectivity index (χ3v) is 3.20. The molecule has 5 heteroatoms. The molecule has 1 aromatic rings. The average Bonchev–Trinajstić information content (AvgIpc) is 2.49. The number of halogens is 2. The third-order valence-electron chi connectivity index (χ3n) is 2.48. The molecule has 0 unspecified atom stereocenters. The zero-order valence-corrected chi connectivity index (χ0v) is 10.9. The summed E-state index contributed by atoms with van der Waals surface area (Å²) in [4.78, 5) is 13.2. The van der Waals surface area contributed by atoms with E-state index in [-0.39, 0.29) is 11.8 Å². The maximum atomic E-state index is 11.5. The minimum absolute atomic E-state index is 0.0197. The quantitative estimate of drug-likeness (QED) is 0.746. The van der Waals surface area contributed by atoms with Crippen molar-refractivity contribution in [2.75, 3.05) is 19.0 Å². The molecule has 0 aliphatic carbocycles. The summed E-state index contributed by atoms with van der Waals surface area (Å²) < 4.78 is 6.56. The molecule has 0 fully saturated rings. The van der Waals surface area contributed by atoms with Gasteiger partial charge in [-0.15, -0.1) is 11.6 Å². The molecular formula is C11H11BrClNO2. The molecular weight excluding hydrogens is 293 g/mol. The van der Waals surface area contributed by atoms with Gasteiger partial charge in [-0.25, -0.2) is 0 Å². The predicted molar refractivity (Wildman–Crippen MR) is 65.8 cm³/mol. The van der Waals surface area contributed by atoms with E-state index in [4.69, 9.17) is 16.3 Å². The SMILES string of the molecule is O=C(CCl)N1CCOc2cc(Br)ccc2C1. The van der Waals surface area contributed by atoms with Gasteiger partial charge in [0.05, 0.1) is 6.54 Å². The fourth-order valence-electron chi connectivity index (χ4n) is 1.64. The molecule has 0 aromatic heterocycles. The van der Waals surface area contributed by atoms with Gasteiger partial charge >= 0.3 is 0 Å². The van der Waals surface area contributed by atoms with E-state index in [9.17, 15) is 4.79 Å². The van der Waals surface area contributed by atoms with Gasteiger partial charge in [0.15, 0.2) is 0 Å². The molecule has 1 heterocycles. The Bertz CT molecular complexity index is 411. The van der Waals surface area contributed by atoms with Crippen molar-refractivity contribution in [3.63, 3.8) is 0 Å². The van der Waals surface area contributed by atoms with Gasteiger partial charge in [0.25, 0.3) is 0 Å². The predicted octanol–water partition coefficient (Wildman–Crippen LogP) is 2.41. The van der Waals surface area contributed by atoms with Gasteiger partial charge in [-0.3, -0.25) is 4.79 Å². The first-order valence-electron chi connectivity index (χ1n) is 4.95. The van der Waals surface area contributed by atoms with Crippen molar-refractivity contribution in [3.05, 3.63) is 28.2 Å². The highest BCUT2D eigenvalue weighted by Crippen LogP contribution is 2.26. The highest BCUT2D eigenvalue weighted by molar-refractivity contribution is 9.10. The van der Waals surface area contributed by atoms with Crippen LogP contribution in [0.1, 0.15) is 5.56 Å². The number of nitrogens with zero attached hydrogens (tertiary/aromatic N) is 1. The average molecular weight is 305 g/mol. The van der Waals surface area contributed by atoms with E-state index in [0.717, 1.165) is 15.8 Å². The van der Waals surface area contributed by atoms with Gasteiger partial charge < -0.3 is 9.64 Å². The van der Waals surface area contributed by atoms with Crippen LogP contribution in [0.25, 0.3) is 0 Å². The summed E-state index contributed by atoms with van der Waals surface area (Å²) in [5, 5.41) is 0. The van der Waals surface area contributed by atoms with E-state index in [2.05, 4.69) is 15.9 Å². The number of alkyl halides is 1. The number of carbonyl (C=O) groups is 1. The summed E-state index contributed by atoms with van der Waals surface area (Å²) >= 11 is 8.94. The maximum Gasteiger partial charge on any atom is 0.237 e. The molecule has 86 valence electrons. The minimum atomic E-state index is -0.0546. The molecule has 0 saturated heterocycles. The summed E-state index contributed by atoms with van der Waals surface area (Å²) in [6, 6.07) is 5.82. The minimum Gasteiger partial charge on any atom is -0.491 e. The monoisotopic (exact) mass is 303 g/mol. The zero-order chi connectivity index (χ0) is 11.5. The van der Waals surface area contributed by atoms with Crippen molar-refractivity contribution >= 4 is 33.4 Å². The Hall–Kier alpha value is -0.740. The topological polar surface area (TPSA) is 29.5 Å². The standard InChI is InChI=1S/C11H11BrClNO2/c12-9-2-1-8-7-14(11(15)6-13)3-4-16-10(8)5-9/h1-2,5H,3-4,6-7H2. The Morgan fingerprint density at radius 2 is 2.38 bits per heavy atom. The van der Waals surface area contributed by atoms with Crippen LogP contribution >= 0.6 is 27.5 Å². The van der Waals surface area contributed by atoms with Crippen LogP contribution in [0.15, 0.2) is 22.7 Å². The number of hydrogen-bond acceptors (Lipinski definition) is 2. The molecule has 16 heavy (non-hydrogen) atoms. The van der Waals surface area contributed by atoms with Gasteiger partial charge in [0, 0.05) is 16.6 Å². The molecule has 1 aliphatic heterocycles. The lowest BCUT2D eigenvalue weighted by Crippen LogP contribution is -2.33. The van der Waals surface area contributed by atoms with E-state index >= 15 is 0 Å². The first-order chi connectivity index (χ1) is 7.70. The molecule has 3 nitrogen and oxygen atoms in total. The molecule has 1 aromatic carbocycles. The molecule has 0 bridgehead atoms. The lowest BCUT2D eigenvalue weighted by molar-refractivity contribution is -0.129. The molecule has 0 N–H and O–H groups in total. The van der Waals surface area contributed by atoms with Gasteiger partial charge in [-0.2, -0.15) is 0 Å². The summed E-state index contributed by atoms with van der Waals surface area (Å²) in [6.45, 7) is 1.65. The summed E-state index contributed by atoms with van der Waals surface area (Å²) in [7, 11) is 0. The second-order valence-corrected chi connectivity index (χ2v) is 4.73. The lowest BCUT2D eigenvalue weighted by atomic mass is 10.2. The van der Waals surface area contributed by atoms with Crippen molar-refractivity contribution in [1.29, 1.82) is 0 Å². The van der Waals surface area contributed by atoms with Crippen molar-refractivity contribution in [2.24, 2.45) is 0 Å². The van der Waals surface area contributed by atoms with Crippen LogP contribution in [0, 0.1) is 0 Å². The number of carbonyl (C=O) groups excluding carboxylic acids is 1. The van der Waals surface area contributed by atoms with Crippen LogP contribution in [-0.4, -0.2) is 29.8 Å². The summed E-state index contributed by atoms with van der Waals surface area (Å²) in [6.07, 6.45) is 0. The smallest absolute Gasteiger partial charge is 0.237 e. The van der Waals surface area contributed by atoms with E-state index in [0.29, 0.717) is 19.7 Å². The van der Waals surface area contributed by atoms with Crippen molar-refractivity contribution in [3.8, 4) is 5.75 Å². The molecule has 0 radical (unpaired) electrons. The molecule has 1 aliphatic rings. The first kappa shape index (κ1) is 11.7. The van der Waals surface area contributed by atoms with E-state index in [1.807, 2.05) is 18.2 Å². The highest BCUT2D eigenvalue weighted by Gasteiger charge is 2.18. The number of rotatable bonds is 1. The molecule has 0 saturated carbocycles. The first-order valence-corrected chi connectivity index (χ1v) is 6.28. The number of amides is 1. The third kappa shape index (κ3) is 2.50. The Kier molecular flexibility index (Phi) is 3.71. The van der Waals surface area contributed by atoms with Crippen molar-refractivity contribution in [2.45, 2.75) is 6.54 Å². The van der Waals surface area contributed by atoms with Crippen LogP contribution in [0.3, 0.4) is 0 Å². The largest absolute Gasteiger partial charge is 0.491 e. The van der Waals surface area contributed by atoms with Crippen molar-refractivity contribution < 1.29 is 9.53 Å². The van der Waals surface area contributed by atoms with E-state index in [1.54, 1.807) is 4.90 Å². The van der Waals surface area contributed by atoms with Gasteiger partial charge in [-0.05, 0) is 12.1 Å². The van der Waals surface area contributed by atoms with Gasteiger partial charge in [0.1, 0.15) is 18.2 Å². The van der Waals surface area contributed by atoms with Crippen LogP contribution in [0.5, 0.6) is 5.75 Å². The number of fused-ring (bicyclic) bond motifs is 1. The fraction of sp³-hybridized carbons (Fsp3) is 0.364. The number of ether oxygens (including phenoxy) is 1. The van der Waals surface area contributed by atoms with E-state index in [1.165, 1.54) is 0 Å². The Labute approximate surface area is 107 Å². The Morgan fingerprint density at radius 3 is 3.12 bits per heavy atom.